The summed E-state index contributed by atoms with van der Waals surface area (Å²) in [6, 6.07) is 0. The van der Waals surface area contributed by atoms with E-state index >= 15 is 0 Å². The summed E-state index contributed by atoms with van der Waals surface area (Å²) in [4.78, 5) is 9.54. The Bertz CT molecular complexity index is 395. The van der Waals surface area contributed by atoms with E-state index in [0.29, 0.717) is 0 Å². The Hall–Kier alpha value is -0.160. The van der Waals surface area contributed by atoms with Crippen molar-refractivity contribution in [3.63, 3.8) is 0 Å². The average Bonchev–Trinajstić information content (AvgIpc) is 2.95. The molecule has 0 aromatic carbocycles. The van der Waals surface area contributed by atoms with E-state index in [4.69, 9.17) is 14.4 Å². The third-order valence-electron chi connectivity index (χ3n) is 7.89. The monoisotopic (exact) mass is 557 g/mol. The van der Waals surface area contributed by atoms with Crippen molar-refractivity contribution in [2.75, 3.05) is 26.9 Å². The zero-order chi connectivity index (χ0) is 28.3. The molecule has 39 heavy (non-hydrogen) atoms. The molecule has 0 N–H and O–H groups in total. The summed E-state index contributed by atoms with van der Waals surface area (Å²) in [5, 5.41) is 0. The van der Waals surface area contributed by atoms with Gasteiger partial charge in [0.15, 0.2) is 6.29 Å². The number of ether oxygens (including phenoxy) is 2. The normalized spacial score (nSPS) is 11.7. The Morgan fingerprint density at radius 1 is 0.359 bits per heavy atom. The summed E-state index contributed by atoms with van der Waals surface area (Å²) in [5.41, 5.74) is 0. The molecule has 0 aliphatic carbocycles. The van der Waals surface area contributed by atoms with E-state index in [1.54, 1.807) is 7.11 Å². The van der Waals surface area contributed by atoms with Gasteiger partial charge in [0.05, 0.1) is 13.7 Å². The van der Waals surface area contributed by atoms with Crippen molar-refractivity contribution < 1.29 is 19.2 Å². The van der Waals surface area contributed by atoms with Crippen LogP contribution in [-0.4, -0.2) is 33.2 Å². The van der Waals surface area contributed by atoms with E-state index in [2.05, 4.69) is 18.7 Å². The summed E-state index contributed by atoms with van der Waals surface area (Å²) >= 11 is 0. The predicted octanol–water partition coefficient (Wildman–Crippen LogP) is 11.9. The molecule has 4 nitrogen and oxygen atoms in total. The van der Waals surface area contributed by atoms with Crippen molar-refractivity contribution in [3.8, 4) is 0 Å². The zero-order valence-electron chi connectivity index (χ0n) is 27.1. The molecule has 0 aliphatic heterocycles. The molecule has 0 bridgehead atoms. The molecule has 4 heteroatoms. The lowest BCUT2D eigenvalue weighted by molar-refractivity contribution is -0.272. The van der Waals surface area contributed by atoms with Gasteiger partial charge in [-0.15, -0.1) is 0 Å². The third-order valence-corrected chi connectivity index (χ3v) is 7.89. The highest BCUT2D eigenvalue weighted by Gasteiger charge is 2.09. The van der Waals surface area contributed by atoms with Crippen LogP contribution in [0.1, 0.15) is 194 Å². The highest BCUT2D eigenvalue weighted by atomic mass is 17.2. The van der Waals surface area contributed by atoms with Crippen molar-refractivity contribution in [1.29, 1.82) is 0 Å². The Kier molecular flexibility index (Phi) is 35.7. The minimum absolute atomic E-state index is 0.0217. The number of hydrogen-bond donors (Lipinski definition) is 0. The van der Waals surface area contributed by atoms with Gasteiger partial charge in [-0.05, 0) is 32.1 Å². The summed E-state index contributed by atoms with van der Waals surface area (Å²) in [5.74, 6) is 0. The third kappa shape index (κ3) is 33.9. The van der Waals surface area contributed by atoms with Crippen LogP contribution >= 0.6 is 0 Å². The topological polar surface area (TPSA) is 36.9 Å². The van der Waals surface area contributed by atoms with Gasteiger partial charge in [-0.2, -0.15) is 0 Å². The van der Waals surface area contributed by atoms with Gasteiger partial charge in [-0.25, -0.2) is 9.78 Å². The molecule has 236 valence electrons. The van der Waals surface area contributed by atoms with E-state index < -0.39 is 0 Å². The van der Waals surface area contributed by atoms with Crippen LogP contribution in [0.15, 0.2) is 0 Å². The van der Waals surface area contributed by atoms with Crippen LogP contribution in [0.2, 0.25) is 0 Å². The second-order valence-corrected chi connectivity index (χ2v) is 11.8. The molecule has 0 rings (SSSR count). The zero-order valence-corrected chi connectivity index (χ0v) is 27.1. The lowest BCUT2D eigenvalue weighted by Gasteiger charge is -2.19. The van der Waals surface area contributed by atoms with E-state index in [1.807, 2.05) is 0 Å². The molecule has 0 saturated heterocycles. The molecule has 0 heterocycles. The van der Waals surface area contributed by atoms with Gasteiger partial charge in [0.1, 0.15) is 0 Å². The van der Waals surface area contributed by atoms with Crippen LogP contribution in [0.5, 0.6) is 0 Å². The molecule has 0 spiro atoms. The number of hydrogen-bond acceptors (Lipinski definition) is 4. The quantitative estimate of drug-likeness (QED) is 0.0336. The maximum atomic E-state index is 6.24. The minimum Gasteiger partial charge on any atom is -0.353 e. The molecule has 0 aromatic heterocycles. The van der Waals surface area contributed by atoms with Crippen molar-refractivity contribution in [3.05, 3.63) is 0 Å². The Labute approximate surface area is 246 Å². The lowest BCUT2D eigenvalue weighted by Crippen LogP contribution is -2.19. The fourth-order valence-corrected chi connectivity index (χ4v) is 5.26. The fourth-order valence-electron chi connectivity index (χ4n) is 5.26. The van der Waals surface area contributed by atoms with E-state index in [0.717, 1.165) is 32.7 Å². The largest absolute Gasteiger partial charge is 0.353 e. The fraction of sp³-hybridized carbons (Fsp3) is 1.00. The van der Waals surface area contributed by atoms with Gasteiger partial charge in [0.25, 0.3) is 0 Å². The van der Waals surface area contributed by atoms with Crippen molar-refractivity contribution in [2.45, 2.75) is 200 Å². The van der Waals surface area contributed by atoms with Gasteiger partial charge in [-0.3, -0.25) is 0 Å². The summed E-state index contributed by atoms with van der Waals surface area (Å²) < 4.78 is 12.5. The van der Waals surface area contributed by atoms with Gasteiger partial charge in [0.2, 0.25) is 0 Å². The summed E-state index contributed by atoms with van der Waals surface area (Å²) in [6.07, 6.45) is 37.2. The highest BCUT2D eigenvalue weighted by molar-refractivity contribution is 4.54. The first-order chi connectivity index (χ1) is 19.3. The molecular formula is C35H72O4. The Morgan fingerprint density at radius 3 is 1.03 bits per heavy atom. The van der Waals surface area contributed by atoms with Crippen LogP contribution in [0.4, 0.5) is 0 Å². The standard InChI is InChI=1S/C35H72O4/c1-4-6-8-10-12-20-24-28-32-37-35(38-33-29-25-21-13-11-9-7-5-2)31-27-23-19-17-15-14-16-18-22-26-30-34-39-36-3/h35H,4-34H2,1-3H3. The predicted molar refractivity (Wildman–Crippen MR) is 169 cm³/mol. The SMILES string of the molecule is CCCCCCCCCCOC(CCCCCCCCCCCCCOOC)OCCCCCCCCCC. The first-order valence-electron chi connectivity index (χ1n) is 17.7. The highest BCUT2D eigenvalue weighted by Crippen LogP contribution is 2.16. The molecular weight excluding hydrogens is 484 g/mol. The van der Waals surface area contributed by atoms with E-state index in [9.17, 15) is 0 Å². The van der Waals surface area contributed by atoms with Crippen molar-refractivity contribution in [2.24, 2.45) is 0 Å². The van der Waals surface area contributed by atoms with E-state index in [1.165, 1.54) is 167 Å². The molecule has 0 amide bonds. The second-order valence-electron chi connectivity index (χ2n) is 11.8. The van der Waals surface area contributed by atoms with Crippen LogP contribution in [0.3, 0.4) is 0 Å². The lowest BCUT2D eigenvalue weighted by atomic mass is 10.1. The summed E-state index contributed by atoms with van der Waals surface area (Å²) in [7, 11) is 1.58. The molecule has 0 radical (unpaired) electrons. The molecule has 0 unspecified atom stereocenters. The maximum absolute atomic E-state index is 6.24. The van der Waals surface area contributed by atoms with Crippen molar-refractivity contribution in [1.82, 2.24) is 0 Å². The smallest absolute Gasteiger partial charge is 0.157 e. The Morgan fingerprint density at radius 2 is 0.667 bits per heavy atom. The molecule has 0 aliphatic rings. The van der Waals surface area contributed by atoms with Gasteiger partial charge >= 0.3 is 0 Å². The molecule has 0 saturated carbocycles. The van der Waals surface area contributed by atoms with Crippen LogP contribution in [0.25, 0.3) is 0 Å². The molecule has 0 fully saturated rings. The minimum atomic E-state index is 0.0217. The summed E-state index contributed by atoms with van der Waals surface area (Å²) in [6.45, 7) is 7.05. The average molecular weight is 557 g/mol. The van der Waals surface area contributed by atoms with Crippen LogP contribution < -0.4 is 0 Å². The molecule has 0 atom stereocenters. The van der Waals surface area contributed by atoms with Gasteiger partial charge in [-0.1, -0.05) is 162 Å². The Balaban J connectivity index is 3.82. The number of unbranched alkanes of at least 4 members (excludes halogenated alkanes) is 24. The van der Waals surface area contributed by atoms with Crippen LogP contribution in [-0.2, 0) is 19.2 Å². The van der Waals surface area contributed by atoms with Crippen molar-refractivity contribution >= 4 is 0 Å². The first-order valence-corrected chi connectivity index (χ1v) is 17.7. The van der Waals surface area contributed by atoms with Gasteiger partial charge in [0, 0.05) is 13.2 Å². The maximum Gasteiger partial charge on any atom is 0.157 e. The number of rotatable bonds is 35. The molecule has 0 aromatic rings. The second kappa shape index (κ2) is 35.9. The first kappa shape index (κ1) is 38.8. The van der Waals surface area contributed by atoms with Crippen LogP contribution in [0, 0.1) is 0 Å². The van der Waals surface area contributed by atoms with E-state index in [-0.39, 0.29) is 6.29 Å². The van der Waals surface area contributed by atoms with Gasteiger partial charge < -0.3 is 9.47 Å².